The van der Waals surface area contributed by atoms with Gasteiger partial charge in [0, 0.05) is 16.0 Å². The van der Waals surface area contributed by atoms with Gasteiger partial charge in [-0.2, -0.15) is 0 Å². The summed E-state index contributed by atoms with van der Waals surface area (Å²) < 4.78 is 23.6. The van der Waals surface area contributed by atoms with Crippen LogP contribution in [0.25, 0.3) is 10.6 Å². The van der Waals surface area contributed by atoms with E-state index in [0.717, 1.165) is 10.6 Å². The topological polar surface area (TPSA) is 48.4 Å². The maximum atomic E-state index is 13.4. The predicted molar refractivity (Wildman–Crippen MR) is 94.3 cm³/mol. The number of carbonyl (C=O) groups is 1. The normalized spacial score (nSPS) is 10.5. The first-order chi connectivity index (χ1) is 12.1. The van der Waals surface area contributed by atoms with E-state index in [2.05, 4.69) is 4.98 Å². The van der Waals surface area contributed by atoms with Gasteiger partial charge in [0.1, 0.15) is 11.6 Å². The maximum Gasteiger partial charge on any atom is 0.344 e. The van der Waals surface area contributed by atoms with Gasteiger partial charge >= 0.3 is 5.97 Å². The number of halogens is 2. The maximum absolute atomic E-state index is 13.4. The summed E-state index contributed by atoms with van der Waals surface area (Å²) >= 11 is 7.31. The second kappa shape index (κ2) is 8.09. The molecule has 1 aromatic heterocycles. The lowest BCUT2D eigenvalue weighted by molar-refractivity contribution is -0.147. The van der Waals surface area contributed by atoms with Crippen LogP contribution in [0.2, 0.25) is 5.02 Å². The second-order valence-electron chi connectivity index (χ2n) is 5.03. The van der Waals surface area contributed by atoms with Gasteiger partial charge in [0.15, 0.2) is 18.2 Å². The molecular formula is C18H13ClFNO3S. The fourth-order valence-corrected chi connectivity index (χ4v) is 2.93. The van der Waals surface area contributed by atoms with E-state index in [1.54, 1.807) is 24.3 Å². The molecule has 0 saturated heterocycles. The number of hydrogen-bond acceptors (Lipinski definition) is 5. The average molecular weight is 378 g/mol. The molecule has 0 spiro atoms. The van der Waals surface area contributed by atoms with E-state index in [1.807, 2.05) is 17.5 Å². The number of para-hydroxylation sites is 1. The van der Waals surface area contributed by atoms with Crippen LogP contribution < -0.4 is 4.74 Å². The van der Waals surface area contributed by atoms with Crippen LogP contribution in [-0.4, -0.2) is 17.6 Å². The summed E-state index contributed by atoms with van der Waals surface area (Å²) in [5, 5.41) is 3.28. The number of nitrogens with zero attached hydrogens (tertiary/aromatic N) is 1. The van der Waals surface area contributed by atoms with Gasteiger partial charge in [-0.1, -0.05) is 35.9 Å². The van der Waals surface area contributed by atoms with Gasteiger partial charge in [0.25, 0.3) is 0 Å². The molecule has 0 unspecified atom stereocenters. The first-order valence-electron chi connectivity index (χ1n) is 7.35. The Morgan fingerprint density at radius 2 is 1.92 bits per heavy atom. The lowest BCUT2D eigenvalue weighted by Gasteiger charge is -2.06. The van der Waals surface area contributed by atoms with E-state index in [0.29, 0.717) is 10.7 Å². The summed E-state index contributed by atoms with van der Waals surface area (Å²) in [6.45, 7) is -0.335. The fourth-order valence-electron chi connectivity index (χ4n) is 1.99. The Morgan fingerprint density at radius 3 is 2.68 bits per heavy atom. The van der Waals surface area contributed by atoms with Gasteiger partial charge in [0.05, 0.1) is 5.69 Å². The van der Waals surface area contributed by atoms with Gasteiger partial charge in [-0.05, 0) is 24.3 Å². The summed E-state index contributed by atoms with van der Waals surface area (Å²) in [5.74, 6) is -1.11. The van der Waals surface area contributed by atoms with Crippen LogP contribution in [0.1, 0.15) is 5.69 Å². The Kier molecular flexibility index (Phi) is 5.63. The molecule has 3 aromatic rings. The molecule has 0 atom stereocenters. The van der Waals surface area contributed by atoms with Crippen molar-refractivity contribution in [3.8, 4) is 16.3 Å². The van der Waals surface area contributed by atoms with Crippen LogP contribution in [0.15, 0.2) is 53.9 Å². The highest BCUT2D eigenvalue weighted by Crippen LogP contribution is 2.25. The minimum absolute atomic E-state index is 0.0122. The van der Waals surface area contributed by atoms with Gasteiger partial charge in [-0.3, -0.25) is 0 Å². The van der Waals surface area contributed by atoms with E-state index < -0.39 is 11.8 Å². The quantitative estimate of drug-likeness (QED) is 0.583. The Bertz CT molecular complexity index is 867. The molecule has 128 valence electrons. The van der Waals surface area contributed by atoms with Crippen molar-refractivity contribution >= 4 is 28.9 Å². The Hall–Kier alpha value is -2.44. The first kappa shape index (κ1) is 17.4. The summed E-state index contributed by atoms with van der Waals surface area (Å²) in [6.07, 6.45) is 0. The van der Waals surface area contributed by atoms with Crippen molar-refractivity contribution < 1.29 is 18.7 Å². The molecule has 0 fully saturated rings. The third kappa shape index (κ3) is 4.78. The summed E-state index contributed by atoms with van der Waals surface area (Å²) in [7, 11) is 0. The lowest BCUT2D eigenvalue weighted by Crippen LogP contribution is -2.15. The molecule has 0 aliphatic rings. The molecule has 0 saturated carbocycles. The third-order valence-electron chi connectivity index (χ3n) is 3.21. The predicted octanol–water partition coefficient (Wildman–Crippen LogP) is 4.72. The van der Waals surface area contributed by atoms with Crippen LogP contribution >= 0.6 is 22.9 Å². The fraction of sp³-hybridized carbons (Fsp3) is 0.111. The molecule has 0 aliphatic heterocycles. The van der Waals surface area contributed by atoms with Crippen molar-refractivity contribution in [3.63, 3.8) is 0 Å². The second-order valence-corrected chi connectivity index (χ2v) is 6.33. The van der Waals surface area contributed by atoms with Crippen LogP contribution in [0, 0.1) is 5.82 Å². The number of rotatable bonds is 6. The van der Waals surface area contributed by atoms with Crippen molar-refractivity contribution in [1.29, 1.82) is 0 Å². The standard InChI is InChI=1S/C18H13ClFNO3S/c19-13-7-5-12(6-8-13)18-21-14(11-25-18)9-24-17(22)10-23-16-4-2-1-3-15(16)20/h1-8,11H,9-10H2. The van der Waals surface area contributed by atoms with Gasteiger partial charge in [-0.25, -0.2) is 14.2 Å². The van der Waals surface area contributed by atoms with E-state index >= 15 is 0 Å². The molecule has 4 nitrogen and oxygen atoms in total. The van der Waals surface area contributed by atoms with Crippen LogP contribution in [-0.2, 0) is 16.1 Å². The van der Waals surface area contributed by atoms with E-state index in [9.17, 15) is 9.18 Å². The highest BCUT2D eigenvalue weighted by atomic mass is 35.5. The van der Waals surface area contributed by atoms with E-state index in [1.165, 1.54) is 23.5 Å². The molecule has 7 heteroatoms. The minimum atomic E-state index is -0.593. The summed E-state index contributed by atoms with van der Waals surface area (Å²) in [4.78, 5) is 16.1. The van der Waals surface area contributed by atoms with Crippen LogP contribution in [0.3, 0.4) is 0 Å². The highest BCUT2D eigenvalue weighted by molar-refractivity contribution is 7.13. The summed E-state index contributed by atoms with van der Waals surface area (Å²) in [5.41, 5.74) is 1.57. The van der Waals surface area contributed by atoms with Gasteiger partial charge in [-0.15, -0.1) is 11.3 Å². The molecule has 0 amide bonds. The van der Waals surface area contributed by atoms with Crippen LogP contribution in [0.5, 0.6) is 5.75 Å². The largest absolute Gasteiger partial charge is 0.479 e. The molecule has 0 bridgehead atoms. The van der Waals surface area contributed by atoms with Gasteiger partial charge < -0.3 is 9.47 Å². The zero-order chi connectivity index (χ0) is 17.6. The highest BCUT2D eigenvalue weighted by Gasteiger charge is 2.10. The Morgan fingerprint density at radius 1 is 1.16 bits per heavy atom. The molecule has 0 radical (unpaired) electrons. The summed E-state index contributed by atoms with van der Waals surface area (Å²) in [6, 6.07) is 13.2. The van der Waals surface area contributed by atoms with Crippen molar-refractivity contribution in [2.45, 2.75) is 6.61 Å². The monoisotopic (exact) mass is 377 g/mol. The SMILES string of the molecule is O=C(COc1ccccc1F)OCc1csc(-c2ccc(Cl)cc2)n1. The molecule has 0 aliphatic carbocycles. The first-order valence-corrected chi connectivity index (χ1v) is 8.61. The zero-order valence-corrected chi connectivity index (χ0v) is 14.5. The molecule has 25 heavy (non-hydrogen) atoms. The average Bonchev–Trinajstić information content (AvgIpc) is 3.09. The number of aromatic nitrogens is 1. The number of carbonyl (C=O) groups excluding carboxylic acids is 1. The Balaban J connectivity index is 1.51. The van der Waals surface area contributed by atoms with Crippen molar-refractivity contribution in [2.24, 2.45) is 0 Å². The molecule has 2 aromatic carbocycles. The third-order valence-corrected chi connectivity index (χ3v) is 4.40. The zero-order valence-electron chi connectivity index (χ0n) is 12.9. The molecule has 3 rings (SSSR count). The Labute approximate surface area is 152 Å². The van der Waals surface area contributed by atoms with Gasteiger partial charge in [0.2, 0.25) is 0 Å². The lowest BCUT2D eigenvalue weighted by atomic mass is 10.2. The van der Waals surface area contributed by atoms with Crippen molar-refractivity contribution in [1.82, 2.24) is 4.98 Å². The molecule has 1 heterocycles. The molecule has 0 N–H and O–H groups in total. The number of benzene rings is 2. The number of hydrogen-bond donors (Lipinski definition) is 0. The number of esters is 1. The molecular weight excluding hydrogens is 365 g/mol. The van der Waals surface area contributed by atoms with Crippen LogP contribution in [0.4, 0.5) is 4.39 Å². The van der Waals surface area contributed by atoms with Crippen molar-refractivity contribution in [2.75, 3.05) is 6.61 Å². The van der Waals surface area contributed by atoms with Crippen molar-refractivity contribution in [3.05, 3.63) is 70.4 Å². The van der Waals surface area contributed by atoms with E-state index in [4.69, 9.17) is 21.1 Å². The number of thiazole rings is 1. The number of ether oxygens (including phenoxy) is 2. The smallest absolute Gasteiger partial charge is 0.344 e. The van der Waals surface area contributed by atoms with E-state index in [-0.39, 0.29) is 19.0 Å². The minimum Gasteiger partial charge on any atom is -0.479 e.